The second-order valence-corrected chi connectivity index (χ2v) is 8.00. The van der Waals surface area contributed by atoms with E-state index in [-0.39, 0.29) is 18.9 Å². The molecule has 1 amide bonds. The molecule has 0 aromatic heterocycles. The monoisotopic (exact) mass is 451 g/mol. The molecule has 176 valence electrons. The van der Waals surface area contributed by atoms with Gasteiger partial charge in [0, 0.05) is 12.3 Å². The molecule has 0 heterocycles. The number of esters is 1. The summed E-state index contributed by atoms with van der Waals surface area (Å²) in [4.78, 5) is 59.7. The number of nitrogens with one attached hydrogen (secondary N) is 1. The number of hydrogen-bond donors (Lipinski definition) is 2. The van der Waals surface area contributed by atoms with Gasteiger partial charge in [-0.05, 0) is 18.4 Å². The first-order chi connectivity index (χ1) is 15.0. The Hall–Kier alpha value is -3.10. The van der Waals surface area contributed by atoms with Gasteiger partial charge in [-0.15, -0.1) is 0 Å². The van der Waals surface area contributed by atoms with Crippen molar-refractivity contribution in [2.75, 3.05) is 6.67 Å². The molecule has 0 saturated heterocycles. The van der Waals surface area contributed by atoms with E-state index in [0.29, 0.717) is 0 Å². The number of hydrogen-bond acceptors (Lipinski definition) is 6. The molecule has 1 aromatic carbocycles. The maximum atomic E-state index is 12.7. The van der Waals surface area contributed by atoms with Crippen molar-refractivity contribution in [2.24, 2.45) is 17.8 Å². The molecule has 2 N–H and O–H groups in total. The molecular formula is C23H30FNO7. The minimum absolute atomic E-state index is 0.0779. The average molecular weight is 451 g/mol. The number of carbonyl (C=O) groups is 5. The third kappa shape index (κ3) is 9.36. The SMILES string of the molecule is CC(C)[C@H](CC(=O)OCc1ccccc1)C(=O)N[C@@H](C)C(=O)CC(CC(=O)O)C(=O)CF. The molecule has 3 atom stereocenters. The van der Waals surface area contributed by atoms with Crippen molar-refractivity contribution in [3.8, 4) is 0 Å². The zero-order valence-electron chi connectivity index (χ0n) is 18.5. The van der Waals surface area contributed by atoms with Crippen molar-refractivity contribution in [1.29, 1.82) is 0 Å². The van der Waals surface area contributed by atoms with Crippen molar-refractivity contribution >= 4 is 29.4 Å². The first-order valence-electron chi connectivity index (χ1n) is 10.4. The molecule has 8 nitrogen and oxygen atoms in total. The van der Waals surface area contributed by atoms with E-state index >= 15 is 0 Å². The van der Waals surface area contributed by atoms with Crippen LogP contribution in [0.25, 0.3) is 0 Å². The van der Waals surface area contributed by atoms with Crippen LogP contribution in [0.3, 0.4) is 0 Å². The van der Waals surface area contributed by atoms with E-state index in [0.717, 1.165) is 5.56 Å². The first-order valence-corrected chi connectivity index (χ1v) is 10.4. The fourth-order valence-corrected chi connectivity index (χ4v) is 3.05. The highest BCUT2D eigenvalue weighted by Crippen LogP contribution is 2.18. The third-order valence-electron chi connectivity index (χ3n) is 5.07. The minimum atomic E-state index is -1.37. The number of alkyl halides is 1. The molecule has 9 heteroatoms. The largest absolute Gasteiger partial charge is 0.481 e. The quantitative estimate of drug-likeness (QED) is 0.416. The van der Waals surface area contributed by atoms with Crippen LogP contribution < -0.4 is 5.32 Å². The summed E-state index contributed by atoms with van der Waals surface area (Å²) in [6, 6.07) is 8.04. The predicted molar refractivity (Wildman–Crippen MR) is 113 cm³/mol. The van der Waals surface area contributed by atoms with Crippen molar-refractivity contribution in [1.82, 2.24) is 5.32 Å². The molecule has 0 aliphatic heterocycles. The summed E-state index contributed by atoms with van der Waals surface area (Å²) < 4.78 is 17.9. The third-order valence-corrected chi connectivity index (χ3v) is 5.07. The number of rotatable bonds is 14. The second kappa shape index (κ2) is 13.3. The van der Waals surface area contributed by atoms with Crippen LogP contribution in [0, 0.1) is 17.8 Å². The highest BCUT2D eigenvalue weighted by atomic mass is 19.1. The molecule has 1 rings (SSSR count). The van der Waals surface area contributed by atoms with Gasteiger partial charge in [-0.25, -0.2) is 4.39 Å². The second-order valence-electron chi connectivity index (χ2n) is 8.00. The highest BCUT2D eigenvalue weighted by Gasteiger charge is 2.30. The van der Waals surface area contributed by atoms with E-state index in [1.807, 2.05) is 18.2 Å². The number of benzene rings is 1. The van der Waals surface area contributed by atoms with E-state index in [4.69, 9.17) is 9.84 Å². The molecule has 1 unspecified atom stereocenters. The Labute approximate surface area is 186 Å². The topological polar surface area (TPSA) is 127 Å². The lowest BCUT2D eigenvalue weighted by Gasteiger charge is -2.22. The molecule has 0 aliphatic rings. The Morgan fingerprint density at radius 3 is 2.12 bits per heavy atom. The number of carbonyl (C=O) groups excluding carboxylic acids is 4. The molecule has 0 fully saturated rings. The van der Waals surface area contributed by atoms with Gasteiger partial charge in [0.05, 0.1) is 24.8 Å². The Morgan fingerprint density at radius 1 is 0.969 bits per heavy atom. The van der Waals surface area contributed by atoms with E-state index in [1.165, 1.54) is 6.92 Å². The Bertz CT molecular complexity index is 810. The van der Waals surface area contributed by atoms with E-state index in [2.05, 4.69) is 5.32 Å². The van der Waals surface area contributed by atoms with Crippen molar-refractivity contribution < 1.29 is 38.2 Å². The molecule has 1 aromatic rings. The fraction of sp³-hybridized carbons (Fsp3) is 0.522. The lowest BCUT2D eigenvalue weighted by Crippen LogP contribution is -2.44. The molecular weight excluding hydrogens is 421 g/mol. The lowest BCUT2D eigenvalue weighted by molar-refractivity contribution is -0.149. The van der Waals surface area contributed by atoms with Crippen LogP contribution in [0.5, 0.6) is 0 Å². The minimum Gasteiger partial charge on any atom is -0.481 e. The van der Waals surface area contributed by atoms with Gasteiger partial charge in [0.15, 0.2) is 11.6 Å². The summed E-state index contributed by atoms with van der Waals surface area (Å²) in [6.45, 7) is 3.61. The van der Waals surface area contributed by atoms with Crippen LogP contribution in [-0.2, 0) is 35.3 Å². The number of amides is 1. The Kier molecular flexibility index (Phi) is 11.2. The van der Waals surface area contributed by atoms with Crippen molar-refractivity contribution in [3.63, 3.8) is 0 Å². The van der Waals surface area contributed by atoms with Crippen LogP contribution >= 0.6 is 0 Å². The number of aliphatic carboxylic acids is 1. The van der Waals surface area contributed by atoms with Gasteiger partial charge in [-0.3, -0.25) is 24.0 Å². The van der Waals surface area contributed by atoms with Gasteiger partial charge in [0.2, 0.25) is 5.91 Å². The average Bonchev–Trinajstić information content (AvgIpc) is 2.74. The summed E-state index contributed by atoms with van der Waals surface area (Å²) in [6.07, 6.45) is -1.35. The maximum Gasteiger partial charge on any atom is 0.306 e. The number of ether oxygens (including phenoxy) is 1. The lowest BCUT2D eigenvalue weighted by atomic mass is 9.90. The zero-order valence-corrected chi connectivity index (χ0v) is 18.5. The van der Waals surface area contributed by atoms with Gasteiger partial charge in [0.25, 0.3) is 0 Å². The fourth-order valence-electron chi connectivity index (χ4n) is 3.05. The Morgan fingerprint density at radius 2 is 1.59 bits per heavy atom. The van der Waals surface area contributed by atoms with Crippen LogP contribution in [-0.4, -0.2) is 47.2 Å². The van der Waals surface area contributed by atoms with Crippen molar-refractivity contribution in [2.45, 2.75) is 52.7 Å². The summed E-state index contributed by atoms with van der Waals surface area (Å²) >= 11 is 0. The number of carboxylic acids is 1. The Balaban J connectivity index is 2.67. The number of halogens is 1. The van der Waals surface area contributed by atoms with Crippen LogP contribution in [0.1, 0.15) is 45.6 Å². The molecule has 0 spiro atoms. The standard InChI is InChI=1S/C23H30FNO7/c1-14(2)18(11-22(30)32-13-16-7-5-4-6-8-16)23(31)25-15(3)19(26)9-17(10-21(28)29)20(27)12-24/h4-8,14-15,17-18H,9-13H2,1-3H3,(H,25,31)(H,28,29)/t15-,17?,18-/m0/s1. The van der Waals surface area contributed by atoms with Crippen LogP contribution in [0.15, 0.2) is 30.3 Å². The predicted octanol–water partition coefficient (Wildman–Crippen LogP) is 2.49. The van der Waals surface area contributed by atoms with E-state index in [1.54, 1.807) is 26.0 Å². The summed E-state index contributed by atoms with van der Waals surface area (Å²) in [5.41, 5.74) is 0.810. The first kappa shape index (κ1) is 26.9. The molecule has 0 bridgehead atoms. The van der Waals surface area contributed by atoms with E-state index < -0.39 is 66.8 Å². The number of carboxylic acid groups (broad SMARTS) is 1. The molecule has 32 heavy (non-hydrogen) atoms. The molecule has 0 radical (unpaired) electrons. The summed E-state index contributed by atoms with van der Waals surface area (Å²) in [5, 5.41) is 11.4. The van der Waals surface area contributed by atoms with Gasteiger partial charge in [0.1, 0.15) is 13.3 Å². The van der Waals surface area contributed by atoms with Gasteiger partial charge >= 0.3 is 11.9 Å². The smallest absolute Gasteiger partial charge is 0.306 e. The van der Waals surface area contributed by atoms with Crippen LogP contribution in [0.2, 0.25) is 0 Å². The van der Waals surface area contributed by atoms with Crippen LogP contribution in [0.4, 0.5) is 4.39 Å². The van der Waals surface area contributed by atoms with Crippen molar-refractivity contribution in [3.05, 3.63) is 35.9 Å². The van der Waals surface area contributed by atoms with E-state index in [9.17, 15) is 28.4 Å². The van der Waals surface area contributed by atoms with Gasteiger partial charge in [-0.1, -0.05) is 44.2 Å². The molecule has 0 saturated carbocycles. The number of Topliss-reactive ketones (excluding diaryl/α,β-unsaturated/α-hetero) is 2. The number of ketones is 2. The highest BCUT2D eigenvalue weighted by molar-refractivity contribution is 5.95. The normalized spacial score (nSPS) is 13.7. The zero-order chi connectivity index (χ0) is 24.3. The van der Waals surface area contributed by atoms with Gasteiger partial charge < -0.3 is 15.2 Å². The van der Waals surface area contributed by atoms with Gasteiger partial charge in [-0.2, -0.15) is 0 Å². The summed E-state index contributed by atoms with van der Waals surface area (Å²) in [5.74, 6) is -6.26. The summed E-state index contributed by atoms with van der Waals surface area (Å²) in [7, 11) is 0. The maximum absolute atomic E-state index is 12.7. The molecule has 0 aliphatic carbocycles.